The fourth-order valence-electron chi connectivity index (χ4n) is 3.34. The number of carbonyl (C=O) groups excluding carboxylic acids is 1. The lowest BCUT2D eigenvalue weighted by molar-refractivity contribution is -0.123. The number of nitrogens with zero attached hydrogens (tertiary/aromatic N) is 2. The molecule has 0 bridgehead atoms. The number of pyridine rings is 1. The minimum atomic E-state index is -0.151. The zero-order valence-corrected chi connectivity index (χ0v) is 18.0. The van der Waals surface area contributed by atoms with E-state index in [4.69, 9.17) is 9.47 Å². The molecule has 162 valence electrons. The largest absolute Gasteiger partial charge is 0.484 e. The third kappa shape index (κ3) is 6.83. The van der Waals surface area contributed by atoms with E-state index in [1.165, 1.54) is 5.56 Å². The van der Waals surface area contributed by atoms with Crippen molar-refractivity contribution >= 4 is 5.91 Å². The van der Waals surface area contributed by atoms with Crippen molar-refractivity contribution < 1.29 is 14.3 Å². The normalized spacial score (nSPS) is 11.7. The molecule has 0 spiro atoms. The quantitative estimate of drug-likeness (QED) is 0.497. The van der Waals surface area contributed by atoms with E-state index < -0.39 is 0 Å². The molecule has 0 aliphatic heterocycles. The van der Waals surface area contributed by atoms with Gasteiger partial charge in [-0.15, -0.1) is 0 Å². The van der Waals surface area contributed by atoms with Crippen LogP contribution in [0.5, 0.6) is 17.4 Å². The Kier molecular flexibility index (Phi) is 8.43. The summed E-state index contributed by atoms with van der Waals surface area (Å²) >= 11 is 0. The van der Waals surface area contributed by atoms with Gasteiger partial charge in [-0.05, 0) is 49.0 Å². The molecule has 0 radical (unpaired) electrons. The number of ether oxygens (including phenoxy) is 2. The summed E-state index contributed by atoms with van der Waals surface area (Å²) in [6.07, 6.45) is 1.67. The number of nitrogens with one attached hydrogen (secondary N) is 1. The topological polar surface area (TPSA) is 63.7 Å². The number of aromatic nitrogens is 1. The third-order valence-corrected chi connectivity index (χ3v) is 4.98. The Hall–Kier alpha value is -3.38. The highest BCUT2D eigenvalue weighted by Crippen LogP contribution is 2.22. The van der Waals surface area contributed by atoms with Gasteiger partial charge in [-0.1, -0.05) is 50.2 Å². The van der Waals surface area contributed by atoms with E-state index in [2.05, 4.69) is 41.2 Å². The molecule has 31 heavy (non-hydrogen) atoms. The fraction of sp³-hybridized carbons (Fsp3) is 0.280. The van der Waals surface area contributed by atoms with Crippen LogP contribution in [0.1, 0.15) is 25.5 Å². The smallest absolute Gasteiger partial charge is 0.258 e. The van der Waals surface area contributed by atoms with Crippen LogP contribution in [0.4, 0.5) is 0 Å². The predicted octanol–water partition coefficient (Wildman–Crippen LogP) is 4.45. The van der Waals surface area contributed by atoms with Crippen LogP contribution >= 0.6 is 0 Å². The van der Waals surface area contributed by atoms with Crippen LogP contribution in [-0.4, -0.2) is 42.0 Å². The lowest BCUT2D eigenvalue weighted by Gasteiger charge is -2.30. The SMILES string of the molecule is CCN(CC)[C@H](CNC(=O)COc1ccc(Oc2ccccn2)cc1)c1ccccc1. The molecule has 0 aliphatic rings. The second-order valence-electron chi connectivity index (χ2n) is 6.98. The van der Waals surface area contributed by atoms with Crippen LogP contribution in [0.25, 0.3) is 0 Å². The summed E-state index contributed by atoms with van der Waals surface area (Å²) in [6.45, 7) is 6.58. The van der Waals surface area contributed by atoms with Crippen molar-refractivity contribution in [3.05, 3.63) is 84.6 Å². The average Bonchev–Trinajstić information content (AvgIpc) is 2.82. The van der Waals surface area contributed by atoms with Gasteiger partial charge in [0, 0.05) is 18.8 Å². The summed E-state index contributed by atoms with van der Waals surface area (Å²) in [7, 11) is 0. The number of rotatable bonds is 11. The molecule has 0 saturated carbocycles. The van der Waals surface area contributed by atoms with Gasteiger partial charge in [0.2, 0.25) is 5.88 Å². The molecular weight excluding hydrogens is 390 g/mol. The summed E-state index contributed by atoms with van der Waals surface area (Å²) in [4.78, 5) is 18.8. The summed E-state index contributed by atoms with van der Waals surface area (Å²) < 4.78 is 11.3. The molecule has 1 aromatic heterocycles. The van der Waals surface area contributed by atoms with Crippen LogP contribution in [0.2, 0.25) is 0 Å². The highest BCUT2D eigenvalue weighted by molar-refractivity contribution is 5.77. The average molecular weight is 420 g/mol. The molecule has 1 N–H and O–H groups in total. The zero-order valence-electron chi connectivity index (χ0n) is 18.0. The lowest BCUT2D eigenvalue weighted by atomic mass is 10.1. The first-order valence-corrected chi connectivity index (χ1v) is 10.6. The zero-order chi connectivity index (χ0) is 21.9. The monoisotopic (exact) mass is 419 g/mol. The summed E-state index contributed by atoms with van der Waals surface area (Å²) in [5.41, 5.74) is 1.19. The highest BCUT2D eigenvalue weighted by atomic mass is 16.5. The van der Waals surface area contributed by atoms with Crippen molar-refractivity contribution in [2.75, 3.05) is 26.2 Å². The molecule has 3 aromatic rings. The molecular formula is C25H29N3O3. The molecule has 0 aliphatic carbocycles. The van der Waals surface area contributed by atoms with Crippen molar-refractivity contribution in [1.82, 2.24) is 15.2 Å². The number of likely N-dealkylation sites (N-methyl/N-ethyl adjacent to an activating group) is 1. The van der Waals surface area contributed by atoms with Gasteiger partial charge < -0.3 is 14.8 Å². The van der Waals surface area contributed by atoms with Crippen LogP contribution in [-0.2, 0) is 4.79 Å². The lowest BCUT2D eigenvalue weighted by Crippen LogP contribution is -2.39. The molecule has 6 nitrogen and oxygen atoms in total. The van der Waals surface area contributed by atoms with Gasteiger partial charge in [-0.2, -0.15) is 0 Å². The standard InChI is InChI=1S/C25H29N3O3/c1-3-28(4-2)23(20-10-6-5-7-11-20)18-27-24(29)19-30-21-13-15-22(16-14-21)31-25-12-8-9-17-26-25/h5-17,23H,3-4,18-19H2,1-2H3,(H,27,29)/t23-/m1/s1. The Labute approximate surface area is 183 Å². The van der Waals surface area contributed by atoms with E-state index in [0.29, 0.717) is 23.9 Å². The van der Waals surface area contributed by atoms with E-state index in [0.717, 1.165) is 13.1 Å². The predicted molar refractivity (Wildman–Crippen MR) is 121 cm³/mol. The van der Waals surface area contributed by atoms with Crippen molar-refractivity contribution in [2.45, 2.75) is 19.9 Å². The Balaban J connectivity index is 1.49. The number of hydrogen-bond donors (Lipinski definition) is 1. The molecule has 0 saturated heterocycles. The number of hydrogen-bond acceptors (Lipinski definition) is 5. The third-order valence-electron chi connectivity index (χ3n) is 4.98. The van der Waals surface area contributed by atoms with Crippen LogP contribution in [0.3, 0.4) is 0 Å². The van der Waals surface area contributed by atoms with Crippen molar-refractivity contribution in [3.63, 3.8) is 0 Å². The maximum absolute atomic E-state index is 12.4. The Morgan fingerprint density at radius 2 is 1.61 bits per heavy atom. The van der Waals surface area contributed by atoms with E-state index >= 15 is 0 Å². The van der Waals surface area contributed by atoms with Crippen molar-refractivity contribution in [1.29, 1.82) is 0 Å². The minimum Gasteiger partial charge on any atom is -0.484 e. The highest BCUT2D eigenvalue weighted by Gasteiger charge is 2.18. The van der Waals surface area contributed by atoms with E-state index in [9.17, 15) is 4.79 Å². The molecule has 1 heterocycles. The minimum absolute atomic E-state index is 0.0415. The summed E-state index contributed by atoms with van der Waals surface area (Å²) in [5.74, 6) is 1.63. The van der Waals surface area contributed by atoms with E-state index in [1.807, 2.05) is 30.3 Å². The maximum Gasteiger partial charge on any atom is 0.258 e. The molecule has 0 fully saturated rings. The van der Waals surface area contributed by atoms with Gasteiger partial charge in [0.25, 0.3) is 5.91 Å². The number of benzene rings is 2. The summed E-state index contributed by atoms with van der Waals surface area (Å²) in [5, 5.41) is 3.01. The van der Waals surface area contributed by atoms with E-state index in [1.54, 1.807) is 36.5 Å². The molecule has 0 unspecified atom stereocenters. The van der Waals surface area contributed by atoms with Crippen LogP contribution < -0.4 is 14.8 Å². The van der Waals surface area contributed by atoms with Crippen LogP contribution in [0, 0.1) is 0 Å². The first kappa shape index (κ1) is 22.3. The fourth-order valence-corrected chi connectivity index (χ4v) is 3.34. The molecule has 1 atom stereocenters. The van der Waals surface area contributed by atoms with Gasteiger partial charge in [0.05, 0.1) is 6.04 Å². The van der Waals surface area contributed by atoms with Gasteiger partial charge in [-0.25, -0.2) is 4.98 Å². The Morgan fingerprint density at radius 3 is 2.26 bits per heavy atom. The maximum atomic E-state index is 12.4. The first-order chi connectivity index (χ1) is 15.2. The second-order valence-corrected chi connectivity index (χ2v) is 6.98. The van der Waals surface area contributed by atoms with Crippen LogP contribution in [0.15, 0.2) is 79.0 Å². The molecule has 1 amide bonds. The number of amides is 1. The van der Waals surface area contributed by atoms with Gasteiger partial charge in [-0.3, -0.25) is 9.69 Å². The second kappa shape index (κ2) is 11.7. The first-order valence-electron chi connectivity index (χ1n) is 10.6. The number of carbonyl (C=O) groups is 1. The Morgan fingerprint density at radius 1 is 0.935 bits per heavy atom. The van der Waals surface area contributed by atoms with Crippen molar-refractivity contribution in [3.8, 4) is 17.4 Å². The van der Waals surface area contributed by atoms with Crippen molar-refractivity contribution in [2.24, 2.45) is 0 Å². The van der Waals surface area contributed by atoms with Gasteiger partial charge >= 0.3 is 0 Å². The molecule has 3 rings (SSSR count). The van der Waals surface area contributed by atoms with Gasteiger partial charge in [0.15, 0.2) is 6.61 Å². The summed E-state index contributed by atoms with van der Waals surface area (Å²) in [6, 6.07) is 23.0. The van der Waals surface area contributed by atoms with E-state index in [-0.39, 0.29) is 18.6 Å². The Bertz CT molecular complexity index is 914. The molecule has 2 aromatic carbocycles. The van der Waals surface area contributed by atoms with Gasteiger partial charge in [0.1, 0.15) is 11.5 Å². The molecule has 6 heteroatoms.